The largest absolute Gasteiger partial charge is 0.327 e. The van der Waals surface area contributed by atoms with Crippen molar-refractivity contribution >= 4 is 0 Å². The number of unbranched alkanes of at least 4 members (excludes halogenated alkanes) is 2. The molecule has 1 aliphatic carbocycles. The molecule has 1 saturated carbocycles. The molecule has 0 spiro atoms. The molecular formula is C15H32N2. The molecule has 3 unspecified atom stereocenters. The molecule has 0 bridgehead atoms. The SMILES string of the molecule is CCCCCN(C)CC1CC(CC)CCC1N. The zero-order chi connectivity index (χ0) is 12.7. The number of rotatable bonds is 7. The van der Waals surface area contributed by atoms with E-state index in [1.165, 1.54) is 58.0 Å². The molecule has 0 amide bonds. The van der Waals surface area contributed by atoms with E-state index in [4.69, 9.17) is 5.73 Å². The van der Waals surface area contributed by atoms with Gasteiger partial charge in [-0.3, -0.25) is 0 Å². The summed E-state index contributed by atoms with van der Waals surface area (Å²) in [6.07, 6.45) is 9.30. The molecule has 0 heterocycles. The third-order valence-corrected chi connectivity index (χ3v) is 4.42. The second-order valence-electron chi connectivity index (χ2n) is 5.98. The summed E-state index contributed by atoms with van der Waals surface area (Å²) in [6, 6.07) is 0.450. The van der Waals surface area contributed by atoms with Crippen molar-refractivity contribution in [1.82, 2.24) is 4.90 Å². The molecule has 0 aliphatic heterocycles. The van der Waals surface area contributed by atoms with Gasteiger partial charge in [0, 0.05) is 12.6 Å². The maximum atomic E-state index is 6.27. The van der Waals surface area contributed by atoms with Crippen molar-refractivity contribution in [1.29, 1.82) is 0 Å². The topological polar surface area (TPSA) is 29.3 Å². The molecule has 0 aromatic heterocycles. The fourth-order valence-corrected chi connectivity index (χ4v) is 3.09. The smallest absolute Gasteiger partial charge is 0.00795 e. The van der Waals surface area contributed by atoms with Gasteiger partial charge in [-0.1, -0.05) is 33.1 Å². The van der Waals surface area contributed by atoms with Gasteiger partial charge in [-0.15, -0.1) is 0 Å². The second kappa shape index (κ2) is 8.10. The predicted molar refractivity (Wildman–Crippen MR) is 76.1 cm³/mol. The Labute approximate surface area is 108 Å². The monoisotopic (exact) mass is 240 g/mol. The molecule has 17 heavy (non-hydrogen) atoms. The van der Waals surface area contributed by atoms with E-state index in [0.717, 1.165) is 11.8 Å². The van der Waals surface area contributed by atoms with Crippen LogP contribution in [0.1, 0.15) is 58.8 Å². The van der Waals surface area contributed by atoms with Gasteiger partial charge in [0.15, 0.2) is 0 Å². The molecule has 2 heteroatoms. The minimum absolute atomic E-state index is 0.450. The lowest BCUT2D eigenvalue weighted by molar-refractivity contribution is 0.170. The van der Waals surface area contributed by atoms with Gasteiger partial charge < -0.3 is 10.6 Å². The maximum Gasteiger partial charge on any atom is 0.00795 e. The molecule has 0 radical (unpaired) electrons. The average molecular weight is 240 g/mol. The molecule has 0 aromatic carbocycles. The quantitative estimate of drug-likeness (QED) is 0.692. The van der Waals surface area contributed by atoms with Gasteiger partial charge in [0.25, 0.3) is 0 Å². The summed E-state index contributed by atoms with van der Waals surface area (Å²) in [5.41, 5.74) is 6.27. The van der Waals surface area contributed by atoms with E-state index in [1.54, 1.807) is 0 Å². The lowest BCUT2D eigenvalue weighted by Crippen LogP contribution is -2.42. The fraction of sp³-hybridized carbons (Fsp3) is 1.00. The van der Waals surface area contributed by atoms with Crippen LogP contribution >= 0.6 is 0 Å². The standard InChI is InChI=1S/C15H32N2/c1-4-6-7-10-17(3)12-14-11-13(5-2)8-9-15(14)16/h13-15H,4-12,16H2,1-3H3. The van der Waals surface area contributed by atoms with Gasteiger partial charge in [-0.25, -0.2) is 0 Å². The van der Waals surface area contributed by atoms with Crippen LogP contribution in [0.3, 0.4) is 0 Å². The Morgan fingerprint density at radius 1 is 1.18 bits per heavy atom. The lowest BCUT2D eigenvalue weighted by Gasteiger charge is -2.36. The zero-order valence-electron chi connectivity index (χ0n) is 12.1. The highest BCUT2D eigenvalue weighted by molar-refractivity contribution is 4.83. The summed E-state index contributed by atoms with van der Waals surface area (Å²) >= 11 is 0. The first-order chi connectivity index (χ1) is 8.17. The van der Waals surface area contributed by atoms with Gasteiger partial charge in [-0.2, -0.15) is 0 Å². The summed E-state index contributed by atoms with van der Waals surface area (Å²) in [6.45, 7) is 7.04. The number of nitrogens with zero attached hydrogens (tertiary/aromatic N) is 1. The Morgan fingerprint density at radius 2 is 1.94 bits per heavy atom. The Hall–Kier alpha value is -0.0800. The maximum absolute atomic E-state index is 6.27. The Morgan fingerprint density at radius 3 is 2.59 bits per heavy atom. The molecule has 2 N–H and O–H groups in total. The zero-order valence-corrected chi connectivity index (χ0v) is 12.1. The fourth-order valence-electron chi connectivity index (χ4n) is 3.09. The molecule has 102 valence electrons. The van der Waals surface area contributed by atoms with Crippen molar-refractivity contribution in [3.05, 3.63) is 0 Å². The van der Waals surface area contributed by atoms with Gasteiger partial charge >= 0.3 is 0 Å². The first kappa shape index (κ1) is 15.0. The minimum Gasteiger partial charge on any atom is -0.327 e. The van der Waals surface area contributed by atoms with E-state index in [9.17, 15) is 0 Å². The van der Waals surface area contributed by atoms with Crippen LogP contribution in [0.5, 0.6) is 0 Å². The third-order valence-electron chi connectivity index (χ3n) is 4.42. The Bertz CT molecular complexity index is 193. The Balaban J connectivity index is 2.27. The number of nitrogens with two attached hydrogens (primary N) is 1. The van der Waals surface area contributed by atoms with E-state index < -0.39 is 0 Å². The summed E-state index contributed by atoms with van der Waals surface area (Å²) in [7, 11) is 2.26. The highest BCUT2D eigenvalue weighted by Crippen LogP contribution is 2.30. The highest BCUT2D eigenvalue weighted by atomic mass is 15.1. The lowest BCUT2D eigenvalue weighted by atomic mass is 9.77. The minimum atomic E-state index is 0.450. The van der Waals surface area contributed by atoms with Crippen molar-refractivity contribution in [2.24, 2.45) is 17.6 Å². The Kier molecular flexibility index (Phi) is 7.14. The van der Waals surface area contributed by atoms with Gasteiger partial charge in [0.05, 0.1) is 0 Å². The molecule has 2 nitrogen and oxygen atoms in total. The summed E-state index contributed by atoms with van der Waals surface area (Å²) < 4.78 is 0. The van der Waals surface area contributed by atoms with Gasteiger partial charge in [0.2, 0.25) is 0 Å². The van der Waals surface area contributed by atoms with E-state index in [2.05, 4.69) is 25.8 Å². The van der Waals surface area contributed by atoms with Crippen LogP contribution in [0, 0.1) is 11.8 Å². The molecule has 0 aromatic rings. The van der Waals surface area contributed by atoms with Crippen LogP contribution in [0.2, 0.25) is 0 Å². The molecular weight excluding hydrogens is 208 g/mol. The summed E-state index contributed by atoms with van der Waals surface area (Å²) in [5.74, 6) is 1.67. The second-order valence-corrected chi connectivity index (χ2v) is 5.98. The van der Waals surface area contributed by atoms with Crippen LogP contribution in [-0.2, 0) is 0 Å². The van der Waals surface area contributed by atoms with Crippen LogP contribution in [0.4, 0.5) is 0 Å². The average Bonchev–Trinajstić information content (AvgIpc) is 2.32. The summed E-state index contributed by atoms with van der Waals surface area (Å²) in [4.78, 5) is 2.50. The van der Waals surface area contributed by atoms with E-state index in [-0.39, 0.29) is 0 Å². The van der Waals surface area contributed by atoms with Crippen molar-refractivity contribution < 1.29 is 0 Å². The van der Waals surface area contributed by atoms with Crippen molar-refractivity contribution in [3.63, 3.8) is 0 Å². The van der Waals surface area contributed by atoms with E-state index in [0.29, 0.717) is 6.04 Å². The van der Waals surface area contributed by atoms with Crippen molar-refractivity contribution in [2.45, 2.75) is 64.8 Å². The first-order valence-corrected chi connectivity index (χ1v) is 7.61. The van der Waals surface area contributed by atoms with E-state index in [1.807, 2.05) is 0 Å². The van der Waals surface area contributed by atoms with E-state index >= 15 is 0 Å². The number of hydrogen-bond acceptors (Lipinski definition) is 2. The van der Waals surface area contributed by atoms with Gasteiger partial charge in [-0.05, 0) is 51.1 Å². The molecule has 3 atom stereocenters. The molecule has 1 rings (SSSR count). The highest BCUT2D eigenvalue weighted by Gasteiger charge is 2.27. The van der Waals surface area contributed by atoms with Crippen LogP contribution in [0.15, 0.2) is 0 Å². The third kappa shape index (κ3) is 5.39. The predicted octanol–water partition coefficient (Wildman–Crippen LogP) is 3.26. The first-order valence-electron chi connectivity index (χ1n) is 7.61. The summed E-state index contributed by atoms with van der Waals surface area (Å²) in [5, 5.41) is 0. The van der Waals surface area contributed by atoms with Crippen LogP contribution in [-0.4, -0.2) is 31.1 Å². The number of hydrogen-bond donors (Lipinski definition) is 1. The van der Waals surface area contributed by atoms with Crippen LogP contribution in [0.25, 0.3) is 0 Å². The van der Waals surface area contributed by atoms with Gasteiger partial charge in [0.1, 0.15) is 0 Å². The molecule has 1 aliphatic rings. The van der Waals surface area contributed by atoms with Crippen molar-refractivity contribution in [3.8, 4) is 0 Å². The van der Waals surface area contributed by atoms with Crippen LogP contribution < -0.4 is 5.73 Å². The van der Waals surface area contributed by atoms with Crippen molar-refractivity contribution in [2.75, 3.05) is 20.1 Å². The molecule has 0 saturated heterocycles. The normalized spacial score (nSPS) is 29.8. The molecule has 1 fully saturated rings.